The molecule has 1 atom stereocenters. The fraction of sp³-hybridized carbons (Fsp3) is 0.200. The van der Waals surface area contributed by atoms with E-state index in [1.807, 2.05) is 12.1 Å². The molecule has 0 heterocycles. The quantitative estimate of drug-likeness (QED) is 0.785. The predicted molar refractivity (Wildman–Crippen MR) is 79.7 cm³/mol. The van der Waals surface area contributed by atoms with E-state index in [1.54, 1.807) is 6.07 Å². The van der Waals surface area contributed by atoms with Crippen molar-refractivity contribution in [1.82, 2.24) is 0 Å². The maximum atomic E-state index is 6.14. The Kier molecular flexibility index (Phi) is 4.15. The van der Waals surface area contributed by atoms with Gasteiger partial charge in [-0.2, -0.15) is 0 Å². The van der Waals surface area contributed by atoms with Crippen molar-refractivity contribution >= 4 is 28.9 Å². The van der Waals surface area contributed by atoms with Gasteiger partial charge in [0.1, 0.15) is 0 Å². The second-order valence-corrected chi connectivity index (χ2v) is 5.24. The van der Waals surface area contributed by atoms with Gasteiger partial charge in [-0.1, -0.05) is 53.0 Å². The van der Waals surface area contributed by atoms with Crippen molar-refractivity contribution in [2.45, 2.75) is 19.9 Å². The third-order valence-corrected chi connectivity index (χ3v) is 3.43. The van der Waals surface area contributed by atoms with Gasteiger partial charge in [0.05, 0.1) is 10.7 Å². The van der Waals surface area contributed by atoms with Crippen LogP contribution in [0.15, 0.2) is 42.5 Å². The average Bonchev–Trinajstić information content (AvgIpc) is 2.33. The predicted octanol–water partition coefficient (Wildman–Crippen LogP) is 5.47. The second kappa shape index (κ2) is 5.64. The van der Waals surface area contributed by atoms with Crippen LogP contribution < -0.4 is 5.32 Å². The van der Waals surface area contributed by atoms with Crippen molar-refractivity contribution in [2.75, 3.05) is 5.32 Å². The van der Waals surface area contributed by atoms with Gasteiger partial charge < -0.3 is 5.32 Å². The van der Waals surface area contributed by atoms with Gasteiger partial charge in [-0.05, 0) is 37.6 Å². The fourth-order valence-corrected chi connectivity index (χ4v) is 2.24. The Balaban J connectivity index is 2.15. The van der Waals surface area contributed by atoms with Gasteiger partial charge in [-0.15, -0.1) is 0 Å². The molecule has 0 saturated heterocycles. The average molecular weight is 280 g/mol. The molecule has 0 spiro atoms. The minimum atomic E-state index is 0.198. The van der Waals surface area contributed by atoms with Gasteiger partial charge in [0.2, 0.25) is 0 Å². The zero-order valence-electron chi connectivity index (χ0n) is 10.4. The lowest BCUT2D eigenvalue weighted by Crippen LogP contribution is -2.06. The lowest BCUT2D eigenvalue weighted by molar-refractivity contribution is 0.884. The molecule has 2 aromatic carbocycles. The van der Waals surface area contributed by atoms with E-state index in [0.717, 1.165) is 5.69 Å². The van der Waals surface area contributed by atoms with Crippen LogP contribution in [0.25, 0.3) is 0 Å². The highest BCUT2D eigenvalue weighted by molar-refractivity contribution is 6.36. The Morgan fingerprint density at radius 1 is 1.00 bits per heavy atom. The van der Waals surface area contributed by atoms with E-state index in [9.17, 15) is 0 Å². The van der Waals surface area contributed by atoms with Crippen molar-refractivity contribution in [1.29, 1.82) is 0 Å². The summed E-state index contributed by atoms with van der Waals surface area (Å²) in [6.45, 7) is 4.19. The fourth-order valence-electron chi connectivity index (χ4n) is 1.78. The second-order valence-electron chi connectivity index (χ2n) is 4.40. The van der Waals surface area contributed by atoms with Crippen LogP contribution in [-0.4, -0.2) is 0 Å². The number of aryl methyl sites for hydroxylation is 1. The van der Waals surface area contributed by atoms with Crippen molar-refractivity contribution in [3.8, 4) is 0 Å². The molecule has 18 heavy (non-hydrogen) atoms. The maximum absolute atomic E-state index is 6.14. The highest BCUT2D eigenvalue weighted by atomic mass is 35.5. The maximum Gasteiger partial charge on any atom is 0.0652 e. The van der Waals surface area contributed by atoms with Gasteiger partial charge >= 0.3 is 0 Å². The Labute approximate surface area is 118 Å². The lowest BCUT2D eigenvalue weighted by atomic mass is 10.1. The zero-order chi connectivity index (χ0) is 13.1. The number of hydrogen-bond acceptors (Lipinski definition) is 1. The molecule has 2 rings (SSSR count). The first-order chi connectivity index (χ1) is 8.56. The minimum absolute atomic E-state index is 0.198. The van der Waals surface area contributed by atoms with Crippen LogP contribution in [-0.2, 0) is 0 Å². The molecule has 0 fully saturated rings. The molecular formula is C15H15Cl2N. The summed E-state index contributed by atoms with van der Waals surface area (Å²) < 4.78 is 0. The number of anilines is 1. The van der Waals surface area contributed by atoms with Gasteiger partial charge in [0, 0.05) is 11.1 Å². The monoisotopic (exact) mass is 279 g/mol. The molecule has 2 aromatic rings. The highest BCUT2D eigenvalue weighted by Gasteiger charge is 2.07. The molecule has 3 heteroatoms. The molecule has 94 valence electrons. The zero-order valence-corrected chi connectivity index (χ0v) is 11.9. The van der Waals surface area contributed by atoms with E-state index in [0.29, 0.717) is 10.0 Å². The summed E-state index contributed by atoms with van der Waals surface area (Å²) in [6, 6.07) is 14.1. The largest absolute Gasteiger partial charge is 0.377 e. The van der Waals surface area contributed by atoms with Gasteiger partial charge in [0.15, 0.2) is 0 Å². The van der Waals surface area contributed by atoms with Crippen LogP contribution in [0.2, 0.25) is 10.0 Å². The Bertz CT molecular complexity index is 535. The summed E-state index contributed by atoms with van der Waals surface area (Å²) in [5.74, 6) is 0. The van der Waals surface area contributed by atoms with Crippen molar-refractivity contribution in [3.05, 3.63) is 63.6 Å². The van der Waals surface area contributed by atoms with Gasteiger partial charge in [-0.3, -0.25) is 0 Å². The van der Waals surface area contributed by atoms with Crippen LogP contribution in [0.1, 0.15) is 24.1 Å². The van der Waals surface area contributed by atoms with E-state index in [-0.39, 0.29) is 6.04 Å². The van der Waals surface area contributed by atoms with Gasteiger partial charge in [-0.25, -0.2) is 0 Å². The van der Waals surface area contributed by atoms with Crippen molar-refractivity contribution in [2.24, 2.45) is 0 Å². The van der Waals surface area contributed by atoms with E-state index in [1.165, 1.54) is 11.1 Å². The first-order valence-electron chi connectivity index (χ1n) is 5.84. The van der Waals surface area contributed by atoms with E-state index in [4.69, 9.17) is 23.2 Å². The number of hydrogen-bond donors (Lipinski definition) is 1. The summed E-state index contributed by atoms with van der Waals surface area (Å²) in [6.07, 6.45) is 0. The van der Waals surface area contributed by atoms with Gasteiger partial charge in [0.25, 0.3) is 0 Å². The summed E-state index contributed by atoms with van der Waals surface area (Å²) in [5.41, 5.74) is 3.39. The minimum Gasteiger partial charge on any atom is -0.377 e. The van der Waals surface area contributed by atoms with E-state index < -0.39 is 0 Å². The van der Waals surface area contributed by atoms with Crippen molar-refractivity contribution < 1.29 is 0 Å². The third-order valence-electron chi connectivity index (χ3n) is 2.88. The Morgan fingerprint density at radius 3 is 2.28 bits per heavy atom. The first-order valence-corrected chi connectivity index (χ1v) is 6.60. The molecule has 1 nitrogen and oxygen atoms in total. The normalized spacial score (nSPS) is 12.2. The summed E-state index contributed by atoms with van der Waals surface area (Å²) in [4.78, 5) is 0. The van der Waals surface area contributed by atoms with Crippen LogP contribution in [0, 0.1) is 6.92 Å². The Hall–Kier alpha value is -1.18. The van der Waals surface area contributed by atoms with Crippen LogP contribution in [0.3, 0.4) is 0 Å². The molecule has 1 N–H and O–H groups in total. The summed E-state index contributed by atoms with van der Waals surface area (Å²) >= 11 is 12.0. The molecule has 0 bridgehead atoms. The highest BCUT2D eigenvalue weighted by Crippen LogP contribution is 2.28. The summed E-state index contributed by atoms with van der Waals surface area (Å²) in [7, 11) is 0. The van der Waals surface area contributed by atoms with E-state index >= 15 is 0 Å². The molecule has 0 aliphatic rings. The van der Waals surface area contributed by atoms with Crippen molar-refractivity contribution in [3.63, 3.8) is 0 Å². The molecule has 0 amide bonds. The molecule has 0 aliphatic carbocycles. The van der Waals surface area contributed by atoms with Crippen LogP contribution in [0.5, 0.6) is 0 Å². The SMILES string of the molecule is Cc1ccc(C(C)Nc2ccc(Cl)cc2Cl)cc1. The molecule has 0 radical (unpaired) electrons. The van der Waals surface area contributed by atoms with E-state index in [2.05, 4.69) is 43.4 Å². The topological polar surface area (TPSA) is 12.0 Å². The standard InChI is InChI=1S/C15H15Cl2N/c1-10-3-5-12(6-4-10)11(2)18-15-8-7-13(16)9-14(15)17/h3-9,11,18H,1-2H3. The Morgan fingerprint density at radius 2 is 1.67 bits per heavy atom. The first kappa shape index (κ1) is 13.3. The molecular weight excluding hydrogens is 265 g/mol. The number of benzene rings is 2. The van der Waals surface area contributed by atoms with Crippen LogP contribution >= 0.6 is 23.2 Å². The number of halogens is 2. The number of rotatable bonds is 3. The summed E-state index contributed by atoms with van der Waals surface area (Å²) in [5, 5.41) is 4.67. The molecule has 0 aliphatic heterocycles. The third kappa shape index (κ3) is 3.18. The van der Waals surface area contributed by atoms with Crippen LogP contribution in [0.4, 0.5) is 5.69 Å². The molecule has 0 saturated carbocycles. The molecule has 1 unspecified atom stereocenters. The smallest absolute Gasteiger partial charge is 0.0652 e. The number of nitrogens with one attached hydrogen (secondary N) is 1. The molecule has 0 aromatic heterocycles. The lowest BCUT2D eigenvalue weighted by Gasteiger charge is -2.17.